The quantitative estimate of drug-likeness (QED) is 0.267. The van der Waals surface area contributed by atoms with Gasteiger partial charge in [0.05, 0.1) is 50.9 Å². The highest BCUT2D eigenvalue weighted by Crippen LogP contribution is 2.39. The van der Waals surface area contributed by atoms with Crippen LogP contribution in [0.5, 0.6) is 0 Å². The number of nitrogens with one attached hydrogen (secondary N) is 1. The molecule has 0 spiro atoms. The molecule has 0 fully saturated rings. The zero-order valence-corrected chi connectivity index (χ0v) is 21.8. The zero-order chi connectivity index (χ0) is 26.9. The van der Waals surface area contributed by atoms with E-state index in [-0.39, 0.29) is 32.7 Å². The topological polar surface area (TPSA) is 75.2 Å². The summed E-state index contributed by atoms with van der Waals surface area (Å²) in [5.74, 6) is -2.36. The van der Waals surface area contributed by atoms with Crippen LogP contribution in [-0.4, -0.2) is 37.7 Å². The molecule has 0 atom stereocenters. The molecule has 0 amide bonds. The molecule has 4 aromatic rings. The lowest BCUT2D eigenvalue weighted by atomic mass is 10.0. The van der Waals surface area contributed by atoms with Crippen molar-refractivity contribution in [1.29, 1.82) is 0 Å². The zero-order valence-electron chi connectivity index (χ0n) is 20.9. The third-order valence-corrected chi connectivity index (χ3v) is 7.23. The lowest BCUT2D eigenvalue weighted by Gasteiger charge is -2.23. The van der Waals surface area contributed by atoms with Gasteiger partial charge >= 0.3 is 0 Å². The molecule has 194 valence electrons. The molecule has 0 aliphatic carbocycles. The highest BCUT2D eigenvalue weighted by Gasteiger charge is 2.23. The Hall–Kier alpha value is -3.66. The van der Waals surface area contributed by atoms with E-state index in [1.807, 2.05) is 13.0 Å². The van der Waals surface area contributed by atoms with Crippen molar-refractivity contribution >= 4 is 37.8 Å². The fourth-order valence-electron chi connectivity index (χ4n) is 4.39. The van der Waals surface area contributed by atoms with Gasteiger partial charge < -0.3 is 10.2 Å². The van der Waals surface area contributed by atoms with Crippen molar-refractivity contribution in [2.45, 2.75) is 32.1 Å². The van der Waals surface area contributed by atoms with Crippen LogP contribution in [0.15, 0.2) is 53.7 Å². The molecular weight excluding hydrogens is 501 g/mol. The SMILES string of the molecule is CCCN(CC)c1cncc(Nc2c(C)c(-c3cc(F)ccc3S(C)(=O)=O)nc3cc(F)cc(F)c23)c1. The van der Waals surface area contributed by atoms with Crippen LogP contribution in [0.4, 0.5) is 30.2 Å². The van der Waals surface area contributed by atoms with E-state index >= 15 is 4.39 Å². The van der Waals surface area contributed by atoms with E-state index in [0.717, 1.165) is 61.8 Å². The predicted octanol–water partition coefficient (Wildman–Crippen LogP) is 6.41. The Balaban J connectivity index is 1.98. The van der Waals surface area contributed by atoms with Gasteiger partial charge in [0, 0.05) is 37.0 Å². The molecule has 10 heteroatoms. The maximum absolute atomic E-state index is 15.1. The number of sulfone groups is 1. The van der Waals surface area contributed by atoms with E-state index in [1.54, 1.807) is 19.3 Å². The van der Waals surface area contributed by atoms with Crippen molar-refractivity contribution in [1.82, 2.24) is 9.97 Å². The van der Waals surface area contributed by atoms with Gasteiger partial charge in [0.1, 0.15) is 17.5 Å². The first-order chi connectivity index (χ1) is 17.5. The molecule has 4 rings (SSSR count). The lowest BCUT2D eigenvalue weighted by Crippen LogP contribution is -2.23. The Morgan fingerprint density at radius 3 is 2.43 bits per heavy atom. The fraction of sp³-hybridized carbons (Fsp3) is 0.259. The Labute approximate surface area is 214 Å². The summed E-state index contributed by atoms with van der Waals surface area (Å²) in [4.78, 5) is 10.7. The number of aromatic nitrogens is 2. The Bertz CT molecular complexity index is 1590. The Morgan fingerprint density at radius 2 is 1.76 bits per heavy atom. The molecule has 0 aliphatic heterocycles. The minimum absolute atomic E-state index is 0.00148. The van der Waals surface area contributed by atoms with E-state index in [2.05, 4.69) is 27.1 Å². The van der Waals surface area contributed by atoms with Crippen LogP contribution in [0, 0.1) is 24.4 Å². The normalized spacial score (nSPS) is 11.6. The Morgan fingerprint density at radius 1 is 1.00 bits per heavy atom. The van der Waals surface area contributed by atoms with Crippen molar-refractivity contribution < 1.29 is 21.6 Å². The fourth-order valence-corrected chi connectivity index (χ4v) is 5.26. The summed E-state index contributed by atoms with van der Waals surface area (Å²) in [6.07, 6.45) is 5.25. The third-order valence-electron chi connectivity index (χ3n) is 6.08. The molecule has 2 heterocycles. The molecule has 0 bridgehead atoms. The summed E-state index contributed by atoms with van der Waals surface area (Å²) in [5.41, 5.74) is 2.06. The summed E-state index contributed by atoms with van der Waals surface area (Å²) < 4.78 is 68.6. The van der Waals surface area contributed by atoms with Crippen molar-refractivity contribution in [3.63, 3.8) is 0 Å². The maximum atomic E-state index is 15.1. The molecule has 0 unspecified atom stereocenters. The van der Waals surface area contributed by atoms with Crippen molar-refractivity contribution in [3.8, 4) is 11.3 Å². The van der Waals surface area contributed by atoms with Crippen LogP contribution in [0.1, 0.15) is 25.8 Å². The summed E-state index contributed by atoms with van der Waals surface area (Å²) in [7, 11) is -3.77. The van der Waals surface area contributed by atoms with Gasteiger partial charge in [-0.25, -0.2) is 26.6 Å². The molecule has 2 aromatic carbocycles. The van der Waals surface area contributed by atoms with E-state index in [9.17, 15) is 17.2 Å². The second kappa shape index (κ2) is 10.4. The minimum Gasteiger partial charge on any atom is -0.371 e. The van der Waals surface area contributed by atoms with Gasteiger partial charge in [-0.1, -0.05) is 6.92 Å². The van der Waals surface area contributed by atoms with E-state index in [4.69, 9.17) is 0 Å². The number of benzene rings is 2. The second-order valence-corrected chi connectivity index (χ2v) is 10.8. The van der Waals surface area contributed by atoms with Gasteiger partial charge in [0.2, 0.25) is 0 Å². The first-order valence-electron chi connectivity index (χ1n) is 11.8. The van der Waals surface area contributed by atoms with Crippen molar-refractivity contribution in [3.05, 3.63) is 71.8 Å². The van der Waals surface area contributed by atoms with Crippen molar-refractivity contribution in [2.24, 2.45) is 0 Å². The van der Waals surface area contributed by atoms with Gasteiger partial charge in [-0.15, -0.1) is 0 Å². The largest absolute Gasteiger partial charge is 0.371 e. The molecule has 37 heavy (non-hydrogen) atoms. The first kappa shape index (κ1) is 26.4. The third kappa shape index (κ3) is 5.39. The number of rotatable bonds is 8. The highest BCUT2D eigenvalue weighted by atomic mass is 32.2. The summed E-state index contributed by atoms with van der Waals surface area (Å²) in [6.45, 7) is 7.32. The van der Waals surface area contributed by atoms with E-state index in [1.165, 1.54) is 0 Å². The summed E-state index contributed by atoms with van der Waals surface area (Å²) >= 11 is 0. The van der Waals surface area contributed by atoms with Crippen LogP contribution in [0.2, 0.25) is 0 Å². The van der Waals surface area contributed by atoms with Crippen LogP contribution in [-0.2, 0) is 9.84 Å². The Kier molecular flexibility index (Phi) is 7.40. The number of hydrogen-bond donors (Lipinski definition) is 1. The monoisotopic (exact) mass is 528 g/mol. The van der Waals surface area contributed by atoms with Crippen LogP contribution < -0.4 is 10.2 Å². The summed E-state index contributed by atoms with van der Waals surface area (Å²) in [5, 5.41) is 3.20. The molecule has 1 N–H and O–H groups in total. The molecule has 0 radical (unpaired) electrons. The van der Waals surface area contributed by atoms with Crippen LogP contribution in [0.25, 0.3) is 22.2 Å². The van der Waals surface area contributed by atoms with Crippen LogP contribution >= 0.6 is 0 Å². The van der Waals surface area contributed by atoms with Gasteiger partial charge in [-0.3, -0.25) is 4.98 Å². The second-order valence-electron chi connectivity index (χ2n) is 8.79. The van der Waals surface area contributed by atoms with Crippen LogP contribution in [0.3, 0.4) is 0 Å². The van der Waals surface area contributed by atoms with Crippen molar-refractivity contribution in [2.75, 3.05) is 29.6 Å². The van der Waals surface area contributed by atoms with Gasteiger partial charge in [-0.05, 0) is 50.1 Å². The van der Waals surface area contributed by atoms with E-state index < -0.39 is 27.3 Å². The van der Waals surface area contributed by atoms with Gasteiger partial charge in [0.15, 0.2) is 9.84 Å². The van der Waals surface area contributed by atoms with Gasteiger partial charge in [-0.2, -0.15) is 0 Å². The standard InChI is InChI=1S/C27H27F3N4O2S/c1-5-9-34(6-2)20-13-19(14-31-15-20)32-27-16(3)26(33-23-12-18(29)11-22(30)25(23)27)21-10-17(28)7-8-24(21)37(4,35)36/h7-8,10-15H,5-6,9H2,1-4H3,(H,32,33). The number of hydrogen-bond acceptors (Lipinski definition) is 6. The molecular formula is C27H27F3N4O2S. The molecule has 6 nitrogen and oxygen atoms in total. The molecule has 0 aliphatic rings. The molecule has 2 aromatic heterocycles. The number of halogens is 3. The number of fused-ring (bicyclic) bond motifs is 1. The average Bonchev–Trinajstić information content (AvgIpc) is 2.83. The number of pyridine rings is 2. The highest BCUT2D eigenvalue weighted by molar-refractivity contribution is 7.90. The predicted molar refractivity (Wildman–Crippen MR) is 141 cm³/mol. The van der Waals surface area contributed by atoms with E-state index in [0.29, 0.717) is 11.3 Å². The molecule has 0 saturated heterocycles. The molecule has 0 saturated carbocycles. The minimum atomic E-state index is -3.77. The number of nitrogens with zero attached hydrogens (tertiary/aromatic N) is 3. The summed E-state index contributed by atoms with van der Waals surface area (Å²) in [6, 6.07) is 6.94. The number of anilines is 3. The maximum Gasteiger partial charge on any atom is 0.176 e. The smallest absolute Gasteiger partial charge is 0.176 e. The lowest BCUT2D eigenvalue weighted by molar-refractivity contribution is 0.591. The first-order valence-corrected chi connectivity index (χ1v) is 13.7. The van der Waals surface area contributed by atoms with Gasteiger partial charge in [0.25, 0.3) is 0 Å². The average molecular weight is 529 g/mol.